The number of rotatable bonds is 6. The van der Waals surface area contributed by atoms with Gasteiger partial charge in [-0.05, 0) is 43.2 Å². The van der Waals surface area contributed by atoms with Crippen LogP contribution in [-0.2, 0) is 16.1 Å². The van der Waals surface area contributed by atoms with Crippen molar-refractivity contribution in [1.29, 1.82) is 0 Å². The maximum atomic E-state index is 12.4. The normalized spacial score (nSPS) is 10.3. The number of carbonyl (C=O) groups excluding carboxylic acids is 2. The number of aryl methyl sites for hydroxylation is 1. The zero-order valence-corrected chi connectivity index (χ0v) is 14.6. The molecule has 0 saturated carbocycles. The van der Waals surface area contributed by atoms with Crippen LogP contribution in [0.3, 0.4) is 0 Å². The number of amides is 2. The first-order valence-electron chi connectivity index (χ1n) is 7.87. The second kappa shape index (κ2) is 8.50. The van der Waals surface area contributed by atoms with Gasteiger partial charge in [-0.3, -0.25) is 9.59 Å². The van der Waals surface area contributed by atoms with Gasteiger partial charge in [-0.2, -0.15) is 0 Å². The van der Waals surface area contributed by atoms with E-state index < -0.39 is 0 Å². The molecule has 2 amide bonds. The van der Waals surface area contributed by atoms with E-state index in [1.54, 1.807) is 23.1 Å². The monoisotopic (exact) mass is 344 g/mol. The summed E-state index contributed by atoms with van der Waals surface area (Å²) in [4.78, 5) is 26.2. The maximum absolute atomic E-state index is 12.4. The van der Waals surface area contributed by atoms with Gasteiger partial charge in [0.2, 0.25) is 11.8 Å². The van der Waals surface area contributed by atoms with Crippen molar-refractivity contribution in [2.75, 3.05) is 11.9 Å². The zero-order valence-electron chi connectivity index (χ0n) is 13.9. The molecule has 126 valence electrons. The van der Waals surface area contributed by atoms with Gasteiger partial charge in [0.05, 0.1) is 0 Å². The van der Waals surface area contributed by atoms with Gasteiger partial charge in [0.1, 0.15) is 6.42 Å². The predicted octanol–water partition coefficient (Wildman–Crippen LogP) is 4.03. The van der Waals surface area contributed by atoms with Crippen LogP contribution in [0.5, 0.6) is 0 Å². The summed E-state index contributed by atoms with van der Waals surface area (Å²) in [7, 11) is 0. The summed E-state index contributed by atoms with van der Waals surface area (Å²) in [6.45, 7) is 4.82. The number of hydrogen-bond donors (Lipinski definition) is 1. The summed E-state index contributed by atoms with van der Waals surface area (Å²) in [5.41, 5.74) is 2.57. The van der Waals surface area contributed by atoms with E-state index in [1.807, 2.05) is 44.2 Å². The largest absolute Gasteiger partial charge is 0.338 e. The zero-order chi connectivity index (χ0) is 17.5. The summed E-state index contributed by atoms with van der Waals surface area (Å²) in [6.07, 6.45) is -0.178. The van der Waals surface area contributed by atoms with E-state index in [4.69, 9.17) is 11.6 Å². The average Bonchev–Trinajstić information content (AvgIpc) is 2.56. The molecule has 0 heterocycles. The maximum Gasteiger partial charge on any atom is 0.233 e. The van der Waals surface area contributed by atoms with Crippen LogP contribution in [0, 0.1) is 6.92 Å². The van der Waals surface area contributed by atoms with Crippen molar-refractivity contribution >= 4 is 29.1 Å². The fourth-order valence-corrected chi connectivity index (χ4v) is 2.62. The first-order chi connectivity index (χ1) is 11.5. The van der Waals surface area contributed by atoms with Gasteiger partial charge >= 0.3 is 0 Å². The van der Waals surface area contributed by atoms with Crippen LogP contribution in [0.4, 0.5) is 5.69 Å². The first-order valence-corrected chi connectivity index (χ1v) is 8.25. The third kappa shape index (κ3) is 5.10. The Kier molecular flexibility index (Phi) is 6.38. The van der Waals surface area contributed by atoms with Gasteiger partial charge < -0.3 is 10.2 Å². The Labute approximate surface area is 147 Å². The minimum Gasteiger partial charge on any atom is -0.338 e. The number of nitrogens with one attached hydrogen (secondary N) is 1. The molecular weight excluding hydrogens is 324 g/mol. The summed E-state index contributed by atoms with van der Waals surface area (Å²) < 4.78 is 0. The van der Waals surface area contributed by atoms with Crippen LogP contribution in [0.15, 0.2) is 48.5 Å². The molecule has 0 aliphatic carbocycles. The molecule has 0 fully saturated rings. The van der Waals surface area contributed by atoms with Crippen molar-refractivity contribution < 1.29 is 9.59 Å². The Morgan fingerprint density at radius 3 is 2.46 bits per heavy atom. The molecule has 0 aliphatic heterocycles. The SMILES string of the molecule is CCN(Cc1ccccc1)C(=O)CC(=O)Nc1ccc(Cl)cc1C. The minimum atomic E-state index is -0.322. The minimum absolute atomic E-state index is 0.178. The average molecular weight is 345 g/mol. The highest BCUT2D eigenvalue weighted by atomic mass is 35.5. The molecule has 24 heavy (non-hydrogen) atoms. The molecule has 0 spiro atoms. The Morgan fingerprint density at radius 1 is 1.12 bits per heavy atom. The van der Waals surface area contributed by atoms with Crippen molar-refractivity contribution in [2.24, 2.45) is 0 Å². The summed E-state index contributed by atoms with van der Waals surface area (Å²) in [5, 5.41) is 3.38. The van der Waals surface area contributed by atoms with Crippen LogP contribution in [0.2, 0.25) is 5.02 Å². The number of hydrogen-bond acceptors (Lipinski definition) is 2. The third-order valence-corrected chi connectivity index (χ3v) is 3.96. The van der Waals surface area contributed by atoms with Crippen molar-refractivity contribution in [1.82, 2.24) is 4.90 Å². The quantitative estimate of drug-likeness (QED) is 0.804. The number of anilines is 1. The Balaban J connectivity index is 1.95. The smallest absolute Gasteiger partial charge is 0.233 e. The van der Waals surface area contributed by atoms with E-state index in [9.17, 15) is 9.59 Å². The third-order valence-electron chi connectivity index (χ3n) is 3.73. The lowest BCUT2D eigenvalue weighted by atomic mass is 10.2. The summed E-state index contributed by atoms with van der Waals surface area (Å²) in [6, 6.07) is 14.9. The molecule has 2 rings (SSSR count). The van der Waals surface area contributed by atoms with Crippen LogP contribution < -0.4 is 5.32 Å². The standard InChI is InChI=1S/C19H21ClN2O2/c1-3-22(13-15-7-5-4-6-8-15)19(24)12-18(23)21-17-10-9-16(20)11-14(17)2/h4-11H,3,12-13H2,1-2H3,(H,21,23). The van der Waals surface area contributed by atoms with Crippen LogP contribution in [0.25, 0.3) is 0 Å². The predicted molar refractivity (Wildman–Crippen MR) is 97.0 cm³/mol. The fourth-order valence-electron chi connectivity index (χ4n) is 2.39. The lowest BCUT2D eigenvalue weighted by Gasteiger charge is -2.21. The van der Waals surface area contributed by atoms with Crippen LogP contribution in [-0.4, -0.2) is 23.3 Å². The van der Waals surface area contributed by atoms with E-state index in [2.05, 4.69) is 5.32 Å². The topological polar surface area (TPSA) is 49.4 Å². The second-order valence-corrected chi connectivity index (χ2v) is 6.01. The molecule has 1 N–H and O–H groups in total. The highest BCUT2D eigenvalue weighted by Gasteiger charge is 2.17. The molecule has 2 aromatic rings. The highest BCUT2D eigenvalue weighted by Crippen LogP contribution is 2.19. The van der Waals surface area contributed by atoms with Crippen LogP contribution >= 0.6 is 11.6 Å². The molecular formula is C19H21ClN2O2. The van der Waals surface area contributed by atoms with Gasteiger partial charge in [-0.25, -0.2) is 0 Å². The van der Waals surface area contributed by atoms with Gasteiger partial charge in [-0.1, -0.05) is 41.9 Å². The fraction of sp³-hybridized carbons (Fsp3) is 0.263. The summed E-state index contributed by atoms with van der Waals surface area (Å²) >= 11 is 5.90. The molecule has 0 unspecified atom stereocenters. The van der Waals surface area contributed by atoms with E-state index in [1.165, 1.54) is 0 Å². The number of halogens is 1. The number of benzene rings is 2. The van der Waals surface area contributed by atoms with Gasteiger partial charge in [-0.15, -0.1) is 0 Å². The molecule has 0 saturated heterocycles. The highest BCUT2D eigenvalue weighted by molar-refractivity contribution is 6.30. The first kappa shape index (κ1) is 18.0. The second-order valence-electron chi connectivity index (χ2n) is 5.58. The molecule has 4 nitrogen and oxygen atoms in total. The number of carbonyl (C=O) groups is 2. The Morgan fingerprint density at radius 2 is 1.83 bits per heavy atom. The lowest BCUT2D eigenvalue weighted by molar-refractivity contribution is -0.134. The number of nitrogens with zero attached hydrogens (tertiary/aromatic N) is 1. The molecule has 0 atom stereocenters. The summed E-state index contributed by atoms with van der Waals surface area (Å²) in [5.74, 6) is -0.512. The molecule has 0 aliphatic rings. The molecule has 0 bridgehead atoms. The lowest BCUT2D eigenvalue weighted by Crippen LogP contribution is -2.33. The van der Waals surface area contributed by atoms with Gasteiger partial charge in [0.25, 0.3) is 0 Å². The molecule has 2 aromatic carbocycles. The van der Waals surface area contributed by atoms with Crippen LogP contribution in [0.1, 0.15) is 24.5 Å². The van der Waals surface area contributed by atoms with E-state index in [0.717, 1.165) is 11.1 Å². The van der Waals surface area contributed by atoms with Crippen molar-refractivity contribution in [3.8, 4) is 0 Å². The molecule has 5 heteroatoms. The molecule has 0 aromatic heterocycles. The van der Waals surface area contributed by atoms with E-state index >= 15 is 0 Å². The molecule has 0 radical (unpaired) electrons. The van der Waals surface area contributed by atoms with E-state index in [0.29, 0.717) is 23.8 Å². The Hall–Kier alpha value is -2.33. The van der Waals surface area contributed by atoms with Crippen molar-refractivity contribution in [3.63, 3.8) is 0 Å². The van der Waals surface area contributed by atoms with Gasteiger partial charge in [0, 0.05) is 23.8 Å². The van der Waals surface area contributed by atoms with Crippen molar-refractivity contribution in [3.05, 3.63) is 64.7 Å². The van der Waals surface area contributed by atoms with E-state index in [-0.39, 0.29) is 18.2 Å². The Bertz CT molecular complexity index is 717. The van der Waals surface area contributed by atoms with Crippen molar-refractivity contribution in [2.45, 2.75) is 26.8 Å². The van der Waals surface area contributed by atoms with Gasteiger partial charge in [0.15, 0.2) is 0 Å².